The van der Waals surface area contributed by atoms with Crippen LogP contribution in [-0.4, -0.2) is 0 Å². The van der Waals surface area contributed by atoms with E-state index in [1.165, 1.54) is 0 Å². The number of benzene rings is 1. The van der Waals surface area contributed by atoms with E-state index < -0.39 is 5.92 Å². The van der Waals surface area contributed by atoms with Crippen molar-refractivity contribution in [2.45, 2.75) is 5.92 Å². The van der Waals surface area contributed by atoms with Gasteiger partial charge >= 0.3 is 0 Å². The van der Waals surface area contributed by atoms with Crippen molar-refractivity contribution in [1.82, 2.24) is 0 Å². The van der Waals surface area contributed by atoms with Gasteiger partial charge in [0.1, 0.15) is 0 Å². The number of hydrogen-bond donors (Lipinski definition) is 2. The van der Waals surface area contributed by atoms with Crippen LogP contribution in [0.2, 0.25) is 10.0 Å². The maximum atomic E-state index is 9.28. The molecule has 0 fully saturated rings. The summed E-state index contributed by atoms with van der Waals surface area (Å²) in [4.78, 5) is 0. The number of nitriles is 2. The fraction of sp³-hybridized carbons (Fsp3) is 0.0769. The molecule has 1 heterocycles. The van der Waals surface area contributed by atoms with Crippen molar-refractivity contribution in [3.63, 3.8) is 0 Å². The molecule has 2 rings (SSSR count). The van der Waals surface area contributed by atoms with Crippen LogP contribution < -0.4 is 11.5 Å². The van der Waals surface area contributed by atoms with Crippen LogP contribution in [0.4, 0.5) is 0 Å². The highest BCUT2D eigenvalue weighted by molar-refractivity contribution is 8.06. The minimum Gasteiger partial charge on any atom is -0.392 e. The summed E-state index contributed by atoms with van der Waals surface area (Å²) in [5.74, 6) is -0.610. The molecule has 0 bridgehead atoms. The molecule has 1 aromatic carbocycles. The Balaban J connectivity index is 2.66. The van der Waals surface area contributed by atoms with Crippen molar-refractivity contribution in [3.05, 3.63) is 55.0 Å². The minimum absolute atomic E-state index is 0.291. The first-order valence-electron chi connectivity index (χ1n) is 5.41. The molecule has 0 unspecified atom stereocenters. The Kier molecular flexibility index (Phi) is 4.15. The SMILES string of the molecule is N#CC1=C(N)SC(N)=C(C#N)C1c1ccc(Cl)c(Cl)c1. The van der Waals surface area contributed by atoms with Gasteiger partial charge in [0.2, 0.25) is 0 Å². The van der Waals surface area contributed by atoms with Crippen LogP contribution in [0, 0.1) is 22.7 Å². The number of thioether (sulfide) groups is 1. The molecule has 0 radical (unpaired) electrons. The fourth-order valence-electron chi connectivity index (χ4n) is 1.92. The summed E-state index contributed by atoms with van der Waals surface area (Å²) in [5.41, 5.74) is 12.9. The van der Waals surface area contributed by atoms with Crippen LogP contribution in [-0.2, 0) is 0 Å². The third kappa shape index (κ3) is 2.44. The van der Waals surface area contributed by atoms with Gasteiger partial charge in [0.25, 0.3) is 0 Å². The summed E-state index contributed by atoms with van der Waals surface area (Å²) in [5, 5.41) is 19.9. The highest BCUT2D eigenvalue weighted by atomic mass is 35.5. The van der Waals surface area contributed by atoms with Gasteiger partial charge in [-0.3, -0.25) is 0 Å². The van der Waals surface area contributed by atoms with Crippen LogP contribution >= 0.6 is 35.0 Å². The topological polar surface area (TPSA) is 99.6 Å². The molecule has 1 aliphatic rings. The zero-order valence-electron chi connectivity index (χ0n) is 10.0. The highest BCUT2D eigenvalue weighted by Gasteiger charge is 2.31. The summed E-state index contributed by atoms with van der Waals surface area (Å²) in [6.45, 7) is 0. The molecule has 0 aliphatic carbocycles. The Morgan fingerprint density at radius 2 is 1.55 bits per heavy atom. The molecule has 7 heteroatoms. The van der Waals surface area contributed by atoms with Crippen LogP contribution in [0.1, 0.15) is 11.5 Å². The number of hydrogen-bond acceptors (Lipinski definition) is 5. The number of rotatable bonds is 1. The third-order valence-electron chi connectivity index (χ3n) is 2.85. The van der Waals surface area contributed by atoms with Gasteiger partial charge in [0, 0.05) is 0 Å². The summed E-state index contributed by atoms with van der Waals surface area (Å²) < 4.78 is 0. The second-order valence-corrected chi connectivity index (χ2v) is 5.89. The van der Waals surface area contributed by atoms with Crippen molar-refractivity contribution >= 4 is 35.0 Å². The van der Waals surface area contributed by atoms with Crippen molar-refractivity contribution in [3.8, 4) is 12.1 Å². The van der Waals surface area contributed by atoms with Crippen molar-refractivity contribution < 1.29 is 0 Å². The smallest absolute Gasteiger partial charge is 0.0985 e. The van der Waals surface area contributed by atoms with Gasteiger partial charge in [-0.2, -0.15) is 10.5 Å². The van der Waals surface area contributed by atoms with Crippen molar-refractivity contribution in [2.75, 3.05) is 0 Å². The van der Waals surface area contributed by atoms with E-state index in [1.54, 1.807) is 18.2 Å². The number of nitrogens with two attached hydrogens (primary N) is 2. The van der Waals surface area contributed by atoms with Gasteiger partial charge in [-0.15, -0.1) is 0 Å². The first-order valence-corrected chi connectivity index (χ1v) is 6.99. The van der Waals surface area contributed by atoms with E-state index in [0.29, 0.717) is 36.8 Å². The molecule has 20 heavy (non-hydrogen) atoms. The number of allylic oxidation sites excluding steroid dienone is 2. The molecule has 1 aromatic rings. The third-order valence-corrected chi connectivity index (χ3v) is 4.46. The van der Waals surface area contributed by atoms with E-state index in [1.807, 2.05) is 12.1 Å². The first kappa shape index (κ1) is 14.6. The summed E-state index contributed by atoms with van der Waals surface area (Å²) >= 11 is 12.9. The Morgan fingerprint density at radius 1 is 1.00 bits per heavy atom. The lowest BCUT2D eigenvalue weighted by molar-refractivity contribution is 0.958. The average molecular weight is 323 g/mol. The molecule has 100 valence electrons. The monoisotopic (exact) mass is 322 g/mol. The second kappa shape index (κ2) is 5.68. The summed E-state index contributed by atoms with van der Waals surface area (Å²) in [7, 11) is 0. The van der Waals surface area contributed by atoms with Gasteiger partial charge in [-0.05, 0) is 17.7 Å². The van der Waals surface area contributed by atoms with Gasteiger partial charge in [-0.25, -0.2) is 0 Å². The second-order valence-electron chi connectivity index (χ2n) is 3.99. The van der Waals surface area contributed by atoms with Crippen LogP contribution in [0.15, 0.2) is 39.4 Å². The summed E-state index contributed by atoms with van der Waals surface area (Å²) in [6.07, 6.45) is 0. The van der Waals surface area contributed by atoms with Crippen molar-refractivity contribution in [1.29, 1.82) is 10.5 Å². The Bertz CT molecular complexity index is 689. The molecule has 1 aliphatic heterocycles. The van der Waals surface area contributed by atoms with Gasteiger partial charge in [-0.1, -0.05) is 41.0 Å². The molecule has 0 amide bonds. The van der Waals surface area contributed by atoms with E-state index in [4.69, 9.17) is 34.7 Å². The van der Waals surface area contributed by atoms with Gasteiger partial charge in [0.05, 0.1) is 49.3 Å². The lowest BCUT2D eigenvalue weighted by Crippen LogP contribution is -2.18. The number of halogens is 2. The maximum Gasteiger partial charge on any atom is 0.0985 e. The lowest BCUT2D eigenvalue weighted by atomic mass is 9.86. The highest BCUT2D eigenvalue weighted by Crippen LogP contribution is 2.43. The molecular formula is C13H8Cl2N4S. The van der Waals surface area contributed by atoms with E-state index in [2.05, 4.69) is 0 Å². The molecule has 4 nitrogen and oxygen atoms in total. The fourth-order valence-corrected chi connectivity index (χ4v) is 3.01. The molecule has 0 saturated heterocycles. The first-order chi connectivity index (χ1) is 9.49. The Morgan fingerprint density at radius 3 is 2.00 bits per heavy atom. The molecule has 0 atom stereocenters. The van der Waals surface area contributed by atoms with Crippen LogP contribution in [0.25, 0.3) is 0 Å². The normalized spacial score (nSPS) is 16.0. The molecule has 0 aromatic heterocycles. The number of nitrogens with zero attached hydrogens (tertiary/aromatic N) is 2. The minimum atomic E-state index is -0.610. The lowest BCUT2D eigenvalue weighted by Gasteiger charge is -2.23. The molecule has 0 spiro atoms. The van der Waals surface area contributed by atoms with Crippen molar-refractivity contribution in [2.24, 2.45) is 11.5 Å². The predicted octanol–water partition coefficient (Wildman–Crippen LogP) is 3.21. The van der Waals surface area contributed by atoms with Gasteiger partial charge in [0.15, 0.2) is 0 Å². The Labute approximate surface area is 130 Å². The average Bonchev–Trinajstić information content (AvgIpc) is 2.41. The zero-order chi connectivity index (χ0) is 14.9. The van der Waals surface area contributed by atoms with Crippen LogP contribution in [0.3, 0.4) is 0 Å². The van der Waals surface area contributed by atoms with E-state index in [-0.39, 0.29) is 0 Å². The quantitative estimate of drug-likeness (QED) is 0.826. The molecule has 0 saturated carbocycles. The Hall–Kier alpha value is -1.79. The maximum absolute atomic E-state index is 9.28. The zero-order valence-corrected chi connectivity index (χ0v) is 12.4. The molecular weight excluding hydrogens is 315 g/mol. The standard InChI is InChI=1S/C13H8Cl2N4S/c14-9-2-1-6(3-10(9)15)11-7(4-16)12(18)20-13(19)8(11)5-17/h1-3,11H,18-19H2. The molecule has 4 N–H and O–H groups in total. The van der Waals surface area contributed by atoms with Gasteiger partial charge < -0.3 is 11.5 Å². The largest absolute Gasteiger partial charge is 0.392 e. The van der Waals surface area contributed by atoms with Crippen LogP contribution in [0.5, 0.6) is 0 Å². The predicted molar refractivity (Wildman–Crippen MR) is 80.4 cm³/mol. The summed E-state index contributed by atoms with van der Waals surface area (Å²) in [6, 6.07) is 8.99. The van der Waals surface area contributed by atoms with E-state index in [9.17, 15) is 10.5 Å². The van der Waals surface area contributed by atoms with E-state index >= 15 is 0 Å². The van der Waals surface area contributed by atoms with E-state index in [0.717, 1.165) is 11.8 Å².